The van der Waals surface area contributed by atoms with Gasteiger partial charge in [0, 0.05) is 18.0 Å². The quantitative estimate of drug-likeness (QED) is 0.642. The maximum absolute atomic E-state index is 13.4. The van der Waals surface area contributed by atoms with E-state index in [-0.39, 0.29) is 11.9 Å². The predicted octanol–water partition coefficient (Wildman–Crippen LogP) is 4.56. The highest BCUT2D eigenvalue weighted by Gasteiger charge is 2.35. The first-order valence-electron chi connectivity index (χ1n) is 9.11. The number of rotatable bonds is 6. The van der Waals surface area contributed by atoms with Gasteiger partial charge in [0.2, 0.25) is 0 Å². The van der Waals surface area contributed by atoms with Crippen molar-refractivity contribution >= 4 is 16.9 Å². The Morgan fingerprint density at radius 2 is 1.74 bits per heavy atom. The van der Waals surface area contributed by atoms with Gasteiger partial charge in [-0.3, -0.25) is 4.79 Å². The molecule has 1 aromatic heterocycles. The SMILES string of the molecule is COc1ccc(CN(C(=O)c2c(C)oc3ccc(OC)cc23)C2CC2)cc1. The summed E-state index contributed by atoms with van der Waals surface area (Å²) < 4.78 is 16.4. The van der Waals surface area contributed by atoms with Crippen LogP contribution in [0.2, 0.25) is 0 Å². The van der Waals surface area contributed by atoms with Crippen molar-refractivity contribution in [3.63, 3.8) is 0 Å². The first kappa shape index (κ1) is 17.5. The Balaban J connectivity index is 1.68. The normalized spacial score (nSPS) is 13.6. The number of aryl methyl sites for hydroxylation is 1. The molecule has 3 aromatic rings. The molecule has 27 heavy (non-hydrogen) atoms. The maximum Gasteiger partial charge on any atom is 0.258 e. The average Bonchev–Trinajstić information content (AvgIpc) is 3.47. The first-order chi connectivity index (χ1) is 13.1. The fraction of sp³-hybridized carbons (Fsp3) is 0.318. The summed E-state index contributed by atoms with van der Waals surface area (Å²) in [6.07, 6.45) is 2.08. The van der Waals surface area contributed by atoms with Crippen LogP contribution in [-0.4, -0.2) is 31.1 Å². The molecule has 4 rings (SSSR count). The van der Waals surface area contributed by atoms with Crippen LogP contribution in [0.1, 0.15) is 34.5 Å². The highest BCUT2D eigenvalue weighted by molar-refractivity contribution is 6.07. The van der Waals surface area contributed by atoms with Crippen LogP contribution in [0.5, 0.6) is 11.5 Å². The summed E-state index contributed by atoms with van der Waals surface area (Å²) >= 11 is 0. The lowest BCUT2D eigenvalue weighted by Gasteiger charge is -2.22. The Morgan fingerprint density at radius 1 is 1.07 bits per heavy atom. The molecule has 1 heterocycles. The molecule has 0 radical (unpaired) electrons. The Hall–Kier alpha value is -2.95. The van der Waals surface area contributed by atoms with Gasteiger partial charge in [-0.15, -0.1) is 0 Å². The molecule has 1 amide bonds. The summed E-state index contributed by atoms with van der Waals surface area (Å²) in [6.45, 7) is 2.42. The molecule has 1 saturated carbocycles. The van der Waals surface area contributed by atoms with E-state index in [1.807, 2.05) is 54.3 Å². The number of methoxy groups -OCH3 is 2. The molecule has 0 saturated heterocycles. The monoisotopic (exact) mass is 365 g/mol. The van der Waals surface area contributed by atoms with Gasteiger partial charge in [0.15, 0.2) is 0 Å². The lowest BCUT2D eigenvalue weighted by Crippen LogP contribution is -2.32. The minimum Gasteiger partial charge on any atom is -0.497 e. The number of carbonyl (C=O) groups excluding carboxylic acids is 1. The molecule has 1 aliphatic rings. The third-order valence-electron chi connectivity index (χ3n) is 5.05. The van der Waals surface area contributed by atoms with E-state index in [2.05, 4.69) is 0 Å². The van der Waals surface area contributed by atoms with E-state index in [4.69, 9.17) is 13.9 Å². The molecule has 140 valence electrons. The minimum absolute atomic E-state index is 0.0119. The first-order valence-corrected chi connectivity index (χ1v) is 9.11. The molecule has 2 aromatic carbocycles. The van der Waals surface area contributed by atoms with Crippen molar-refractivity contribution < 1.29 is 18.7 Å². The highest BCUT2D eigenvalue weighted by Crippen LogP contribution is 2.34. The van der Waals surface area contributed by atoms with E-state index >= 15 is 0 Å². The van der Waals surface area contributed by atoms with E-state index in [9.17, 15) is 4.79 Å². The van der Waals surface area contributed by atoms with E-state index in [0.29, 0.717) is 29.2 Å². The van der Waals surface area contributed by atoms with Crippen molar-refractivity contribution in [3.05, 3.63) is 59.4 Å². The van der Waals surface area contributed by atoms with Gasteiger partial charge in [-0.1, -0.05) is 12.1 Å². The number of nitrogens with zero attached hydrogens (tertiary/aromatic N) is 1. The van der Waals surface area contributed by atoms with E-state index in [1.165, 1.54) is 0 Å². The van der Waals surface area contributed by atoms with Gasteiger partial charge in [-0.25, -0.2) is 0 Å². The van der Waals surface area contributed by atoms with Crippen molar-refractivity contribution in [2.75, 3.05) is 14.2 Å². The highest BCUT2D eigenvalue weighted by atomic mass is 16.5. The summed E-state index contributed by atoms with van der Waals surface area (Å²) in [6, 6.07) is 13.7. The summed E-state index contributed by atoms with van der Waals surface area (Å²) in [5.41, 5.74) is 2.42. The van der Waals surface area contributed by atoms with E-state index < -0.39 is 0 Å². The Labute approximate surface area is 158 Å². The standard InChI is InChI=1S/C22H23NO4/c1-14-21(19-12-18(26-3)10-11-20(19)27-14)22(24)23(16-6-7-16)13-15-4-8-17(25-2)9-5-15/h4-5,8-12,16H,6-7,13H2,1-3H3. The van der Waals surface area contributed by atoms with E-state index in [0.717, 1.165) is 29.5 Å². The molecular weight excluding hydrogens is 342 g/mol. The minimum atomic E-state index is 0.0119. The number of hydrogen-bond acceptors (Lipinski definition) is 4. The molecule has 0 unspecified atom stereocenters. The van der Waals surface area contributed by atoms with Crippen molar-refractivity contribution in [2.45, 2.75) is 32.4 Å². The van der Waals surface area contributed by atoms with Crippen LogP contribution in [0.3, 0.4) is 0 Å². The van der Waals surface area contributed by atoms with Crippen molar-refractivity contribution in [2.24, 2.45) is 0 Å². The van der Waals surface area contributed by atoms with E-state index in [1.54, 1.807) is 14.2 Å². The van der Waals surface area contributed by atoms with Crippen molar-refractivity contribution in [1.29, 1.82) is 0 Å². The van der Waals surface area contributed by atoms with Crippen LogP contribution >= 0.6 is 0 Å². The average molecular weight is 365 g/mol. The van der Waals surface area contributed by atoms with Gasteiger partial charge < -0.3 is 18.8 Å². The fourth-order valence-electron chi connectivity index (χ4n) is 3.42. The second-order valence-electron chi connectivity index (χ2n) is 6.91. The van der Waals surface area contributed by atoms with Crippen LogP contribution < -0.4 is 9.47 Å². The number of furan rings is 1. The van der Waals surface area contributed by atoms with Gasteiger partial charge >= 0.3 is 0 Å². The van der Waals surface area contributed by atoms with Crippen LogP contribution in [0.25, 0.3) is 11.0 Å². The van der Waals surface area contributed by atoms with Crippen LogP contribution in [0.4, 0.5) is 0 Å². The number of hydrogen-bond donors (Lipinski definition) is 0. The summed E-state index contributed by atoms with van der Waals surface area (Å²) in [4.78, 5) is 15.4. The second kappa shape index (κ2) is 6.99. The number of benzene rings is 2. The second-order valence-corrected chi connectivity index (χ2v) is 6.91. The zero-order valence-electron chi connectivity index (χ0n) is 15.8. The number of amides is 1. The summed E-state index contributed by atoms with van der Waals surface area (Å²) in [5.74, 6) is 2.18. The fourth-order valence-corrected chi connectivity index (χ4v) is 3.42. The third kappa shape index (κ3) is 3.37. The summed E-state index contributed by atoms with van der Waals surface area (Å²) in [5, 5.41) is 0.803. The smallest absolute Gasteiger partial charge is 0.258 e. The van der Waals surface area contributed by atoms with Gasteiger partial charge in [-0.2, -0.15) is 0 Å². The Morgan fingerprint density at radius 3 is 2.37 bits per heavy atom. The predicted molar refractivity (Wildman–Crippen MR) is 103 cm³/mol. The van der Waals surface area contributed by atoms with Gasteiger partial charge in [0.25, 0.3) is 5.91 Å². The molecule has 0 bridgehead atoms. The molecule has 5 heteroatoms. The van der Waals surface area contributed by atoms with Gasteiger partial charge in [-0.05, 0) is 55.7 Å². The zero-order chi connectivity index (χ0) is 19.0. The molecule has 5 nitrogen and oxygen atoms in total. The van der Waals surface area contributed by atoms with Crippen molar-refractivity contribution in [1.82, 2.24) is 4.90 Å². The largest absolute Gasteiger partial charge is 0.497 e. The molecule has 0 atom stereocenters. The van der Waals surface area contributed by atoms with Crippen molar-refractivity contribution in [3.8, 4) is 11.5 Å². The molecular formula is C22H23NO4. The molecule has 0 aliphatic heterocycles. The van der Waals surface area contributed by atoms with Gasteiger partial charge in [0.05, 0.1) is 19.8 Å². The van der Waals surface area contributed by atoms with Gasteiger partial charge in [0.1, 0.15) is 22.8 Å². The van der Waals surface area contributed by atoms with Crippen LogP contribution in [0.15, 0.2) is 46.9 Å². The molecule has 0 N–H and O–H groups in total. The number of fused-ring (bicyclic) bond motifs is 1. The lowest BCUT2D eigenvalue weighted by molar-refractivity contribution is 0.0730. The van der Waals surface area contributed by atoms with Crippen LogP contribution in [0, 0.1) is 6.92 Å². The third-order valence-corrected chi connectivity index (χ3v) is 5.05. The molecule has 1 aliphatic carbocycles. The maximum atomic E-state index is 13.4. The Bertz CT molecular complexity index is 970. The zero-order valence-corrected chi connectivity index (χ0v) is 15.8. The van der Waals surface area contributed by atoms with Crippen LogP contribution in [-0.2, 0) is 6.54 Å². The molecule has 0 spiro atoms. The lowest BCUT2D eigenvalue weighted by atomic mass is 10.1. The summed E-state index contributed by atoms with van der Waals surface area (Å²) in [7, 11) is 3.27. The number of ether oxygens (including phenoxy) is 2. The topological polar surface area (TPSA) is 51.9 Å². The number of carbonyl (C=O) groups is 1. The Kier molecular flexibility index (Phi) is 4.52. The molecule has 1 fully saturated rings.